The molecule has 0 N–H and O–H groups in total. The van der Waals surface area contributed by atoms with Gasteiger partial charge in [-0.15, -0.1) is 0 Å². The van der Waals surface area contributed by atoms with Crippen molar-refractivity contribution >= 4 is 30.8 Å². The van der Waals surface area contributed by atoms with Gasteiger partial charge in [0.15, 0.2) is 0 Å². The van der Waals surface area contributed by atoms with E-state index in [9.17, 15) is 18.6 Å². The van der Waals surface area contributed by atoms with E-state index in [1.807, 2.05) is 0 Å². The molecular weight excluding hydrogens is 133 g/mol. The molecule has 0 aromatic rings. The van der Waals surface area contributed by atoms with Crippen molar-refractivity contribution in [2.45, 2.75) is 0 Å². The minimum Gasteiger partial charge on any atom is -0.242 e. The van der Waals surface area contributed by atoms with Crippen molar-refractivity contribution in [3.05, 3.63) is 0 Å². The predicted octanol–water partition coefficient (Wildman–Crippen LogP) is -0.539. The van der Waals surface area contributed by atoms with Crippen LogP contribution in [0, 0.1) is 0 Å². The Morgan fingerprint density at radius 3 is 1.33 bits per heavy atom. The van der Waals surface area contributed by atoms with Gasteiger partial charge in [0.1, 0.15) is 0 Å². The van der Waals surface area contributed by atoms with Crippen LogP contribution in [0.1, 0.15) is 0 Å². The molecule has 4 nitrogen and oxygen atoms in total. The van der Waals surface area contributed by atoms with Crippen LogP contribution in [0.15, 0.2) is 0 Å². The molecule has 0 spiro atoms. The first kappa shape index (κ1) is 11.2. The quantitative estimate of drug-likeness (QED) is 0.329. The van der Waals surface area contributed by atoms with Crippen molar-refractivity contribution in [1.29, 1.82) is 0 Å². The Morgan fingerprint density at radius 1 is 1.00 bits per heavy atom. The molecule has 0 saturated carbocycles. The van der Waals surface area contributed by atoms with E-state index in [0.29, 0.717) is 0 Å². The smallest absolute Gasteiger partial charge is 0.242 e. The Kier molecular flexibility index (Phi) is 6.90. The largest absolute Gasteiger partial charge is 0.459 e. The van der Waals surface area contributed by atoms with Crippen LogP contribution in [0.5, 0.6) is 0 Å². The molecule has 0 fully saturated rings. The second-order valence-electron chi connectivity index (χ2n) is 0.729. The third kappa shape index (κ3) is 3.94. The molecule has 0 bridgehead atoms. The summed E-state index contributed by atoms with van der Waals surface area (Å²) in [6.45, 7) is 0. The van der Waals surface area contributed by atoms with Gasteiger partial charge in [-0.05, 0) is 0 Å². The van der Waals surface area contributed by atoms with Crippen molar-refractivity contribution in [3.63, 3.8) is 0 Å². The number of carbonyl (C=O) groups excluding carboxylic acids is 2. The minimum atomic E-state index is -2.02. The predicted molar refractivity (Wildman–Crippen MR) is 20.2 cm³/mol. The zero-order valence-corrected chi connectivity index (χ0v) is 4.39. The van der Waals surface area contributed by atoms with Gasteiger partial charge in [0.25, 0.3) is 0 Å². The van der Waals surface area contributed by atoms with Crippen molar-refractivity contribution in [1.82, 2.24) is 0 Å². The van der Waals surface area contributed by atoms with Crippen molar-refractivity contribution in [3.8, 4) is 0 Å². The van der Waals surface area contributed by atoms with Crippen LogP contribution >= 0.6 is 0 Å². The Hall–Kier alpha value is -0.603. The molecule has 7 heteroatoms. The molecule has 0 aromatic heterocycles. The summed E-state index contributed by atoms with van der Waals surface area (Å²) in [5.41, 5.74) is 0. The Labute approximate surface area is 60.1 Å². The summed E-state index contributed by atoms with van der Waals surface area (Å²) in [6.07, 6.45) is 0. The third-order valence-electron chi connectivity index (χ3n) is 0.307. The molecule has 9 heavy (non-hydrogen) atoms. The van der Waals surface area contributed by atoms with E-state index in [0.717, 1.165) is 0 Å². The first-order valence-corrected chi connectivity index (χ1v) is 1.38. The van der Waals surface area contributed by atoms with E-state index >= 15 is 0 Å². The van der Waals surface area contributed by atoms with Crippen LogP contribution in [-0.2, 0) is 19.5 Å². The number of halogens is 2. The van der Waals surface area contributed by atoms with Gasteiger partial charge >= 0.3 is 11.9 Å². The monoisotopic (exact) mass is 133 g/mol. The summed E-state index contributed by atoms with van der Waals surface area (Å²) in [5.74, 6) is -4.04. The van der Waals surface area contributed by atoms with Gasteiger partial charge in [0.05, 0.1) is 0 Å². The first-order valence-electron chi connectivity index (χ1n) is 1.38. The van der Waals surface area contributed by atoms with Crippen molar-refractivity contribution < 1.29 is 28.5 Å². The zero-order valence-electron chi connectivity index (χ0n) is 4.39. The van der Waals surface area contributed by atoms with E-state index in [1.165, 1.54) is 0 Å². The third-order valence-corrected chi connectivity index (χ3v) is 0.307. The van der Waals surface area contributed by atoms with Gasteiger partial charge in [-0.3, -0.25) is 0 Å². The average molecular weight is 133 g/mol. The Morgan fingerprint density at radius 2 is 1.22 bits per heavy atom. The van der Waals surface area contributed by atoms with Crippen LogP contribution in [-0.4, -0.2) is 30.8 Å². The van der Waals surface area contributed by atoms with Crippen LogP contribution in [0.2, 0.25) is 0 Å². The zero-order chi connectivity index (χ0) is 6.57. The second kappa shape index (κ2) is 5.53. The average Bonchev–Trinajstić information content (AvgIpc) is 1.84. The molecule has 0 heterocycles. The van der Waals surface area contributed by atoms with E-state index < -0.39 is 11.9 Å². The fourth-order valence-electron chi connectivity index (χ4n) is 0.0630. The summed E-state index contributed by atoms with van der Waals surface area (Å²) >= 11 is 0. The minimum absolute atomic E-state index is 0. The number of hydrogen-bond donors (Lipinski definition) is 0. The van der Waals surface area contributed by atoms with Crippen molar-refractivity contribution in [2.75, 3.05) is 0 Å². The van der Waals surface area contributed by atoms with E-state index in [-0.39, 0.29) is 18.9 Å². The van der Waals surface area contributed by atoms with Gasteiger partial charge in [-0.1, -0.05) is 0 Å². The van der Waals surface area contributed by atoms with Crippen LogP contribution in [0.3, 0.4) is 0 Å². The van der Waals surface area contributed by atoms with Gasteiger partial charge < -0.3 is 0 Å². The molecule has 1 radical (unpaired) electrons. The molecule has 0 aliphatic rings. The summed E-state index contributed by atoms with van der Waals surface area (Å²) in [5, 5.41) is 0. The van der Waals surface area contributed by atoms with Gasteiger partial charge in [-0.25, -0.2) is 19.5 Å². The van der Waals surface area contributed by atoms with Gasteiger partial charge in [0.2, 0.25) is 0 Å². The van der Waals surface area contributed by atoms with E-state index in [4.69, 9.17) is 0 Å². The number of rotatable bonds is 0. The van der Waals surface area contributed by atoms with E-state index in [2.05, 4.69) is 9.88 Å². The number of carbonyl (C=O) groups is 2. The first-order chi connectivity index (χ1) is 3.72. The second-order valence-corrected chi connectivity index (χ2v) is 0.729. The topological polar surface area (TPSA) is 52.6 Å². The van der Waals surface area contributed by atoms with Crippen molar-refractivity contribution in [2.24, 2.45) is 0 Å². The standard InChI is InChI=1S/C2F2O4.Li/c3-7-1(5)2(6)8-4;. The molecule has 47 valence electrons. The van der Waals surface area contributed by atoms with E-state index in [1.54, 1.807) is 0 Å². The van der Waals surface area contributed by atoms with Crippen LogP contribution in [0.4, 0.5) is 9.05 Å². The summed E-state index contributed by atoms with van der Waals surface area (Å²) in [4.78, 5) is 23.4. The maximum Gasteiger partial charge on any atom is 0.459 e. The molecule has 0 aliphatic heterocycles. The maximum absolute atomic E-state index is 10.5. The summed E-state index contributed by atoms with van der Waals surface area (Å²) < 4.78 is 21.0. The van der Waals surface area contributed by atoms with Gasteiger partial charge in [-0.2, -0.15) is 0 Å². The summed E-state index contributed by atoms with van der Waals surface area (Å²) in [6, 6.07) is 0. The molecule has 0 amide bonds. The maximum atomic E-state index is 10.5. The fraction of sp³-hybridized carbons (Fsp3) is 0. The Balaban J connectivity index is 0. The van der Waals surface area contributed by atoms with Crippen LogP contribution in [0.25, 0.3) is 0 Å². The van der Waals surface area contributed by atoms with Gasteiger partial charge in [0, 0.05) is 27.9 Å². The normalized spacial score (nSPS) is 6.89. The Bertz CT molecular complexity index is 101. The molecule has 0 aromatic carbocycles. The number of hydrogen-bond acceptors (Lipinski definition) is 4. The summed E-state index contributed by atoms with van der Waals surface area (Å²) in [7, 11) is 0. The molecule has 0 rings (SSSR count). The molecule has 0 saturated heterocycles. The SMILES string of the molecule is O=C(OF)C(=O)OF.[Li]. The molecule has 0 atom stereocenters. The molecule has 0 aliphatic carbocycles. The fourth-order valence-corrected chi connectivity index (χ4v) is 0.0630. The molecular formula is C2F2LiO4. The van der Waals surface area contributed by atoms with Crippen LogP contribution < -0.4 is 0 Å². The molecule has 0 unspecified atom stereocenters.